The van der Waals surface area contributed by atoms with Gasteiger partial charge in [0.2, 0.25) is 5.91 Å². The van der Waals surface area contributed by atoms with E-state index in [0.717, 1.165) is 0 Å². The topological polar surface area (TPSA) is 187 Å². The largest absolute Gasteiger partial charge is 0.394 e. The second-order valence-electron chi connectivity index (χ2n) is 6.52. The first-order valence-corrected chi connectivity index (χ1v) is 8.44. The molecule has 0 bridgehead atoms. The van der Waals surface area contributed by atoms with Crippen LogP contribution < -0.4 is 5.32 Å². The molecule has 1 amide bonds. The zero-order chi connectivity index (χ0) is 20.3. The summed E-state index contributed by atoms with van der Waals surface area (Å²) in [5, 5.41) is 61.5. The van der Waals surface area contributed by atoms with E-state index in [9.17, 15) is 35.4 Å². The molecule has 0 aromatic heterocycles. The van der Waals surface area contributed by atoms with Crippen LogP contribution in [0.4, 0.5) is 0 Å². The molecule has 12 nitrogen and oxygen atoms in total. The molecule has 2 saturated heterocycles. The summed E-state index contributed by atoms with van der Waals surface area (Å²) < 4.78 is 21.1. The summed E-state index contributed by atoms with van der Waals surface area (Å²) in [6.45, 7) is 0.222. The fourth-order valence-electron chi connectivity index (χ4n) is 3.05. The van der Waals surface area contributed by atoms with E-state index < -0.39 is 73.9 Å². The van der Waals surface area contributed by atoms with E-state index in [1.54, 1.807) is 0 Å². The quantitative estimate of drug-likeness (QED) is 0.228. The number of hydrogen-bond acceptors (Lipinski definition) is 11. The van der Waals surface area contributed by atoms with Crippen LogP contribution in [0.15, 0.2) is 0 Å². The van der Waals surface area contributed by atoms with Crippen LogP contribution >= 0.6 is 0 Å². The van der Waals surface area contributed by atoms with Gasteiger partial charge < -0.3 is 54.9 Å². The van der Waals surface area contributed by atoms with Crippen molar-refractivity contribution >= 4 is 5.91 Å². The van der Waals surface area contributed by atoms with Crippen LogP contribution in [0.5, 0.6) is 0 Å². The number of hydrogen-bond donors (Lipinski definition) is 7. The lowest BCUT2D eigenvalue weighted by molar-refractivity contribution is -0.316. The van der Waals surface area contributed by atoms with Crippen LogP contribution in [0.25, 0.3) is 0 Å². The molecule has 2 aliphatic heterocycles. The predicted octanol–water partition coefficient (Wildman–Crippen LogP) is -4.60. The standard InChI is InChI=1S/C15H27NO11/c1-5(18)16-8-11(21)9(19)6(3-17)26-14(8)25-4-7-10(20)12(22)13(23)15(24-2)27-7/h6-15,17,19-23H,3-4H2,1-2H3,(H,16,18)/t6-,7+,8+,9-,10+,11-,12-,13+,14-,15+/m1/s1. The smallest absolute Gasteiger partial charge is 0.217 e. The molecule has 27 heavy (non-hydrogen) atoms. The maximum Gasteiger partial charge on any atom is 0.217 e. The Morgan fingerprint density at radius 1 is 0.926 bits per heavy atom. The van der Waals surface area contributed by atoms with Crippen LogP contribution in [-0.4, -0.2) is 118 Å². The zero-order valence-corrected chi connectivity index (χ0v) is 14.9. The van der Waals surface area contributed by atoms with E-state index in [1.807, 2.05) is 0 Å². The number of carbonyl (C=O) groups is 1. The number of methoxy groups -OCH3 is 1. The van der Waals surface area contributed by atoms with Crippen LogP contribution in [0.1, 0.15) is 6.92 Å². The molecule has 7 N–H and O–H groups in total. The Labute approximate surface area is 155 Å². The molecule has 158 valence electrons. The Morgan fingerprint density at radius 2 is 1.52 bits per heavy atom. The summed E-state index contributed by atoms with van der Waals surface area (Å²) in [7, 11) is 1.25. The van der Waals surface area contributed by atoms with Crippen LogP contribution in [0.2, 0.25) is 0 Å². The van der Waals surface area contributed by atoms with Crippen LogP contribution in [0, 0.1) is 0 Å². The molecular weight excluding hydrogens is 370 g/mol. The minimum absolute atomic E-state index is 0.369. The third-order valence-corrected chi connectivity index (χ3v) is 4.58. The van der Waals surface area contributed by atoms with Gasteiger partial charge in [-0.05, 0) is 0 Å². The van der Waals surface area contributed by atoms with Crippen molar-refractivity contribution in [1.82, 2.24) is 5.32 Å². The van der Waals surface area contributed by atoms with Gasteiger partial charge in [0.25, 0.3) is 0 Å². The van der Waals surface area contributed by atoms with E-state index in [-0.39, 0.29) is 6.61 Å². The van der Waals surface area contributed by atoms with Gasteiger partial charge in [0.05, 0.1) is 13.2 Å². The van der Waals surface area contributed by atoms with Gasteiger partial charge in [0, 0.05) is 14.0 Å². The van der Waals surface area contributed by atoms with Crippen molar-refractivity contribution in [3.05, 3.63) is 0 Å². The van der Waals surface area contributed by atoms with E-state index >= 15 is 0 Å². The Balaban J connectivity index is 2.07. The molecule has 0 aliphatic carbocycles. The monoisotopic (exact) mass is 397 g/mol. The molecule has 0 aromatic carbocycles. The highest BCUT2D eigenvalue weighted by atomic mass is 16.7. The fourth-order valence-corrected chi connectivity index (χ4v) is 3.05. The molecular formula is C15H27NO11. The second-order valence-corrected chi connectivity index (χ2v) is 6.52. The molecule has 0 saturated carbocycles. The molecule has 2 rings (SSSR count). The number of aliphatic hydroxyl groups excluding tert-OH is 6. The molecule has 0 unspecified atom stereocenters. The van der Waals surface area contributed by atoms with Gasteiger partial charge in [-0.15, -0.1) is 0 Å². The number of carbonyl (C=O) groups excluding carboxylic acids is 1. The van der Waals surface area contributed by atoms with Crippen molar-refractivity contribution in [2.75, 3.05) is 20.3 Å². The van der Waals surface area contributed by atoms with Gasteiger partial charge in [0.15, 0.2) is 12.6 Å². The summed E-state index contributed by atoms with van der Waals surface area (Å²) in [5.74, 6) is -0.516. The van der Waals surface area contributed by atoms with Gasteiger partial charge in [-0.1, -0.05) is 0 Å². The second kappa shape index (κ2) is 9.52. The zero-order valence-electron chi connectivity index (χ0n) is 14.9. The Hall–Kier alpha value is -0.930. The van der Waals surface area contributed by atoms with Gasteiger partial charge in [-0.2, -0.15) is 0 Å². The molecule has 0 radical (unpaired) electrons. The van der Waals surface area contributed by atoms with Gasteiger partial charge >= 0.3 is 0 Å². The Morgan fingerprint density at radius 3 is 2.07 bits per heavy atom. The van der Waals surface area contributed by atoms with Crippen molar-refractivity contribution in [1.29, 1.82) is 0 Å². The average molecular weight is 397 g/mol. The number of aliphatic hydroxyl groups is 6. The summed E-state index contributed by atoms with van der Waals surface area (Å²) >= 11 is 0. The van der Waals surface area contributed by atoms with Crippen LogP contribution in [-0.2, 0) is 23.7 Å². The minimum Gasteiger partial charge on any atom is -0.394 e. The summed E-state index contributed by atoms with van der Waals surface area (Å²) in [4.78, 5) is 11.4. The molecule has 0 spiro atoms. The van der Waals surface area contributed by atoms with Gasteiger partial charge in [0.1, 0.15) is 48.8 Å². The first kappa shape index (κ1) is 22.4. The molecule has 2 fully saturated rings. The maximum absolute atomic E-state index is 11.4. The number of nitrogens with one attached hydrogen (secondary N) is 1. The average Bonchev–Trinajstić information content (AvgIpc) is 2.64. The molecule has 0 aromatic rings. The van der Waals surface area contributed by atoms with Crippen molar-refractivity contribution in [3.63, 3.8) is 0 Å². The molecule has 2 heterocycles. The lowest BCUT2D eigenvalue weighted by atomic mass is 9.96. The number of ether oxygens (including phenoxy) is 4. The van der Waals surface area contributed by atoms with Crippen LogP contribution in [0.3, 0.4) is 0 Å². The third kappa shape index (κ3) is 4.92. The highest BCUT2D eigenvalue weighted by Crippen LogP contribution is 2.25. The number of rotatable bonds is 6. The molecule has 2 aliphatic rings. The first-order valence-electron chi connectivity index (χ1n) is 8.44. The maximum atomic E-state index is 11.4. The SMILES string of the molecule is CO[C@H]1O[C@@H](CO[C@@H]2O[C@H](CO)[C@@H](O)[C@H](O)[C@@H]2NC(C)=O)[C@H](O)[C@@H](O)[C@@H]1O. The highest BCUT2D eigenvalue weighted by molar-refractivity contribution is 5.73. The van der Waals surface area contributed by atoms with Crippen molar-refractivity contribution < 1.29 is 54.4 Å². The predicted molar refractivity (Wildman–Crippen MR) is 85.0 cm³/mol. The van der Waals surface area contributed by atoms with Crippen molar-refractivity contribution in [2.24, 2.45) is 0 Å². The lowest BCUT2D eigenvalue weighted by Crippen LogP contribution is -2.65. The van der Waals surface area contributed by atoms with E-state index in [1.165, 1.54) is 14.0 Å². The summed E-state index contributed by atoms with van der Waals surface area (Å²) in [5.41, 5.74) is 0. The van der Waals surface area contributed by atoms with Gasteiger partial charge in [-0.3, -0.25) is 4.79 Å². The van der Waals surface area contributed by atoms with E-state index in [2.05, 4.69) is 5.32 Å². The van der Waals surface area contributed by atoms with Crippen molar-refractivity contribution in [3.8, 4) is 0 Å². The van der Waals surface area contributed by atoms with E-state index in [0.29, 0.717) is 0 Å². The molecule has 12 heteroatoms. The molecule has 10 atom stereocenters. The summed E-state index contributed by atoms with van der Waals surface area (Å²) in [6.07, 6.45) is -12.2. The summed E-state index contributed by atoms with van der Waals surface area (Å²) in [6, 6.07) is -1.16. The highest BCUT2D eigenvalue weighted by Gasteiger charge is 2.47. The normalized spacial score (nSPS) is 45.5. The Bertz CT molecular complexity index is 492. The van der Waals surface area contributed by atoms with Gasteiger partial charge in [-0.25, -0.2) is 0 Å². The first-order chi connectivity index (χ1) is 12.7. The van der Waals surface area contributed by atoms with E-state index in [4.69, 9.17) is 18.9 Å². The lowest BCUT2D eigenvalue weighted by Gasteiger charge is -2.44. The fraction of sp³-hybridized carbons (Fsp3) is 0.933. The minimum atomic E-state index is -1.55. The number of amides is 1. The van der Waals surface area contributed by atoms with Crippen molar-refractivity contribution in [2.45, 2.75) is 68.3 Å². The third-order valence-electron chi connectivity index (χ3n) is 4.58. The Kier molecular flexibility index (Phi) is 7.88.